The molecule has 2 rings (SSSR count). The molecule has 0 aliphatic rings. The number of amides is 1. The van der Waals surface area contributed by atoms with Gasteiger partial charge in [-0.05, 0) is 48.4 Å². The Morgan fingerprint density at radius 1 is 1.07 bits per heavy atom. The van der Waals surface area contributed by atoms with Crippen molar-refractivity contribution >= 4 is 11.9 Å². The van der Waals surface area contributed by atoms with E-state index in [1.165, 1.54) is 36.4 Å². The first kappa shape index (κ1) is 19.8. The molecule has 0 aliphatic carbocycles. The van der Waals surface area contributed by atoms with Crippen LogP contribution in [0.2, 0.25) is 0 Å². The molecule has 0 saturated heterocycles. The Morgan fingerprint density at radius 3 is 2.33 bits per heavy atom. The van der Waals surface area contributed by atoms with Crippen molar-refractivity contribution in [3.05, 3.63) is 65.2 Å². The zero-order valence-corrected chi connectivity index (χ0v) is 14.2. The van der Waals surface area contributed by atoms with E-state index in [0.29, 0.717) is 18.5 Å². The predicted molar refractivity (Wildman–Crippen MR) is 91.2 cm³/mol. The summed E-state index contributed by atoms with van der Waals surface area (Å²) in [6.07, 6.45) is 0.476. The number of ether oxygens (including phenoxy) is 2. The van der Waals surface area contributed by atoms with E-state index in [-0.39, 0.29) is 11.3 Å². The molecule has 1 N–H and O–H groups in total. The number of esters is 1. The van der Waals surface area contributed by atoms with Crippen LogP contribution in [0.5, 0.6) is 5.75 Å². The number of rotatable bonds is 8. The number of hydrogen-bond acceptors (Lipinski definition) is 5. The van der Waals surface area contributed by atoms with Crippen molar-refractivity contribution in [3.8, 4) is 11.8 Å². The van der Waals surface area contributed by atoms with E-state index in [1.807, 2.05) is 6.07 Å². The van der Waals surface area contributed by atoms with Gasteiger partial charge in [-0.1, -0.05) is 12.1 Å². The second-order valence-electron chi connectivity index (χ2n) is 5.39. The van der Waals surface area contributed by atoms with E-state index in [1.54, 1.807) is 12.1 Å². The Kier molecular flexibility index (Phi) is 7.26. The van der Waals surface area contributed by atoms with Gasteiger partial charge in [-0.25, -0.2) is 4.79 Å². The van der Waals surface area contributed by atoms with E-state index in [0.717, 1.165) is 5.56 Å². The first-order valence-corrected chi connectivity index (χ1v) is 7.95. The number of nitrogens with zero attached hydrogens (tertiary/aromatic N) is 1. The molecule has 140 valence electrons. The predicted octanol–water partition coefficient (Wildman–Crippen LogP) is 2.68. The smallest absolute Gasteiger partial charge is 0.387 e. The maximum Gasteiger partial charge on any atom is 0.387 e. The number of carbonyl (C=O) groups excluding carboxylic acids is 2. The van der Waals surface area contributed by atoms with Crippen LogP contribution in [0.3, 0.4) is 0 Å². The van der Waals surface area contributed by atoms with E-state index in [9.17, 15) is 18.4 Å². The third-order valence-corrected chi connectivity index (χ3v) is 3.47. The topological polar surface area (TPSA) is 88.4 Å². The van der Waals surface area contributed by atoms with Gasteiger partial charge in [0.15, 0.2) is 6.61 Å². The second kappa shape index (κ2) is 9.87. The number of benzene rings is 2. The minimum Gasteiger partial charge on any atom is -0.452 e. The molecule has 0 bridgehead atoms. The van der Waals surface area contributed by atoms with Crippen molar-refractivity contribution in [3.63, 3.8) is 0 Å². The first-order valence-electron chi connectivity index (χ1n) is 7.95. The summed E-state index contributed by atoms with van der Waals surface area (Å²) in [6.45, 7) is -3.01. The summed E-state index contributed by atoms with van der Waals surface area (Å²) in [6, 6.07) is 13.9. The summed E-state index contributed by atoms with van der Waals surface area (Å²) in [4.78, 5) is 23.5. The number of alkyl halides is 2. The molecule has 2 aromatic rings. The van der Waals surface area contributed by atoms with Crippen molar-refractivity contribution in [1.29, 1.82) is 5.26 Å². The van der Waals surface area contributed by atoms with Crippen LogP contribution in [0, 0.1) is 11.3 Å². The fourth-order valence-electron chi connectivity index (χ4n) is 2.13. The van der Waals surface area contributed by atoms with Crippen molar-refractivity contribution in [2.75, 3.05) is 13.2 Å². The highest BCUT2D eigenvalue weighted by Crippen LogP contribution is 2.15. The van der Waals surface area contributed by atoms with Crippen LogP contribution >= 0.6 is 0 Å². The molecule has 0 aliphatic heterocycles. The van der Waals surface area contributed by atoms with Crippen LogP contribution in [0.4, 0.5) is 8.78 Å². The maximum absolute atomic E-state index is 12.1. The highest BCUT2D eigenvalue weighted by molar-refractivity contribution is 5.91. The molecule has 0 fully saturated rings. The first-order chi connectivity index (χ1) is 13.0. The van der Waals surface area contributed by atoms with Gasteiger partial charge in [0.05, 0.1) is 17.2 Å². The maximum atomic E-state index is 12.1. The lowest BCUT2D eigenvalue weighted by atomic mass is 10.1. The van der Waals surface area contributed by atoms with Gasteiger partial charge in [0.25, 0.3) is 5.91 Å². The summed E-state index contributed by atoms with van der Waals surface area (Å²) in [5.74, 6) is -1.06. The fourth-order valence-corrected chi connectivity index (χ4v) is 2.13. The molecule has 8 heteroatoms. The number of nitriles is 1. The van der Waals surface area contributed by atoms with E-state index in [4.69, 9.17) is 10.00 Å². The van der Waals surface area contributed by atoms with Crippen molar-refractivity contribution in [2.24, 2.45) is 0 Å². The van der Waals surface area contributed by atoms with Gasteiger partial charge in [-0.3, -0.25) is 4.79 Å². The second-order valence-corrected chi connectivity index (χ2v) is 5.39. The minimum atomic E-state index is -2.87. The Balaban J connectivity index is 1.69. The molecule has 27 heavy (non-hydrogen) atoms. The standard InChI is InChI=1S/C19H16F2N2O4/c20-19(21)27-16-7-3-13(4-8-16)9-10-23-17(24)12-26-18(25)15-5-1-14(11-22)2-6-15/h1-8,19H,9-10,12H2,(H,23,24). The SMILES string of the molecule is N#Cc1ccc(C(=O)OCC(=O)NCCc2ccc(OC(F)F)cc2)cc1. The molecule has 0 unspecified atom stereocenters. The van der Waals surface area contributed by atoms with Gasteiger partial charge in [0, 0.05) is 6.54 Å². The van der Waals surface area contributed by atoms with Crippen LogP contribution in [0.15, 0.2) is 48.5 Å². The van der Waals surface area contributed by atoms with Gasteiger partial charge in [0.1, 0.15) is 5.75 Å². The lowest BCUT2D eigenvalue weighted by Crippen LogP contribution is -2.30. The van der Waals surface area contributed by atoms with Crippen LogP contribution in [0.1, 0.15) is 21.5 Å². The lowest BCUT2D eigenvalue weighted by molar-refractivity contribution is -0.124. The largest absolute Gasteiger partial charge is 0.452 e. The summed E-state index contributed by atoms with van der Waals surface area (Å²) in [5, 5.41) is 11.3. The Morgan fingerprint density at radius 2 is 1.74 bits per heavy atom. The summed E-state index contributed by atoms with van der Waals surface area (Å²) in [7, 11) is 0. The Bertz CT molecular complexity index is 815. The van der Waals surface area contributed by atoms with Gasteiger partial charge in [-0.2, -0.15) is 14.0 Å². The number of halogens is 2. The third kappa shape index (κ3) is 6.74. The molecule has 0 saturated carbocycles. The Labute approximate surface area is 154 Å². The fraction of sp³-hybridized carbons (Fsp3) is 0.211. The average Bonchev–Trinajstić information content (AvgIpc) is 2.67. The third-order valence-electron chi connectivity index (χ3n) is 3.47. The quantitative estimate of drug-likeness (QED) is 0.718. The van der Waals surface area contributed by atoms with Gasteiger partial charge in [-0.15, -0.1) is 0 Å². The molecule has 0 spiro atoms. The zero-order chi connectivity index (χ0) is 19.6. The van der Waals surface area contributed by atoms with E-state index >= 15 is 0 Å². The Hall–Kier alpha value is -3.47. The minimum absolute atomic E-state index is 0.0625. The molecule has 1 amide bonds. The average molecular weight is 374 g/mol. The van der Waals surface area contributed by atoms with Gasteiger partial charge in [0.2, 0.25) is 0 Å². The molecule has 0 heterocycles. The molecule has 6 nitrogen and oxygen atoms in total. The molecule has 2 aromatic carbocycles. The van der Waals surface area contributed by atoms with Crippen LogP contribution in [-0.4, -0.2) is 31.6 Å². The number of carbonyl (C=O) groups is 2. The normalized spacial score (nSPS) is 10.1. The molecular weight excluding hydrogens is 358 g/mol. The summed E-state index contributed by atoms with van der Waals surface area (Å²) in [5.41, 5.74) is 1.48. The van der Waals surface area contributed by atoms with Crippen LogP contribution in [-0.2, 0) is 16.0 Å². The monoisotopic (exact) mass is 374 g/mol. The lowest BCUT2D eigenvalue weighted by Gasteiger charge is -2.08. The molecule has 0 atom stereocenters. The van der Waals surface area contributed by atoms with Crippen molar-refractivity contribution in [2.45, 2.75) is 13.0 Å². The van der Waals surface area contributed by atoms with Crippen molar-refractivity contribution in [1.82, 2.24) is 5.32 Å². The number of hydrogen-bond donors (Lipinski definition) is 1. The van der Waals surface area contributed by atoms with E-state index in [2.05, 4.69) is 10.1 Å². The van der Waals surface area contributed by atoms with E-state index < -0.39 is 25.1 Å². The highest BCUT2D eigenvalue weighted by atomic mass is 19.3. The van der Waals surface area contributed by atoms with Gasteiger partial charge >= 0.3 is 12.6 Å². The van der Waals surface area contributed by atoms with Crippen LogP contribution < -0.4 is 10.1 Å². The highest BCUT2D eigenvalue weighted by Gasteiger charge is 2.10. The molecule has 0 radical (unpaired) electrons. The molecule has 0 aromatic heterocycles. The van der Waals surface area contributed by atoms with Crippen molar-refractivity contribution < 1.29 is 27.8 Å². The van der Waals surface area contributed by atoms with Crippen LogP contribution in [0.25, 0.3) is 0 Å². The zero-order valence-electron chi connectivity index (χ0n) is 14.2. The summed E-state index contributed by atoms with van der Waals surface area (Å²) >= 11 is 0. The van der Waals surface area contributed by atoms with Gasteiger partial charge < -0.3 is 14.8 Å². The summed E-state index contributed by atoms with van der Waals surface area (Å²) < 4.78 is 33.3. The molecular formula is C19H16F2N2O4. The number of nitrogens with one attached hydrogen (secondary N) is 1.